The van der Waals surface area contributed by atoms with Gasteiger partial charge in [-0.2, -0.15) is 0 Å². The number of hydrogen-bond donors (Lipinski definition) is 4. The number of carbonyl (C=O) groups excluding carboxylic acids is 2. The minimum Gasteiger partial charge on any atom is -0.459 e. The van der Waals surface area contributed by atoms with Crippen LogP contribution < -0.4 is 16.1 Å². The number of thiocarbonyl (C=S) groups is 1. The Morgan fingerprint density at radius 1 is 1.21 bits per heavy atom. The van der Waals surface area contributed by atoms with Gasteiger partial charge in [0, 0.05) is 11.3 Å². The molecule has 0 spiro atoms. The summed E-state index contributed by atoms with van der Waals surface area (Å²) in [5.41, 5.74) is 2.12. The standard InChI is InChI=1S/C18H21BN2O6S/c1-10(2)16(22)26-8-9-27-17(23)14-11(3)20-18(28)21-15(14)12-4-6-13(7-5-12)19(24)25/h4-7,15,24-25H,1,8-9H2,2-3H3,(H2,20,21,28). The maximum Gasteiger partial charge on any atom is 0.488 e. The van der Waals surface area contributed by atoms with E-state index in [1.165, 1.54) is 6.92 Å². The average Bonchev–Trinajstić information content (AvgIpc) is 2.64. The summed E-state index contributed by atoms with van der Waals surface area (Å²) in [5.74, 6) is -1.15. The summed E-state index contributed by atoms with van der Waals surface area (Å²) in [6, 6.07) is 5.83. The van der Waals surface area contributed by atoms with Crippen molar-refractivity contribution in [2.75, 3.05) is 13.2 Å². The van der Waals surface area contributed by atoms with E-state index in [1.807, 2.05) is 0 Å². The molecule has 0 saturated heterocycles. The number of carbonyl (C=O) groups is 2. The lowest BCUT2D eigenvalue weighted by molar-refractivity contribution is -0.147. The molecule has 1 aromatic rings. The molecule has 0 fully saturated rings. The van der Waals surface area contributed by atoms with E-state index < -0.39 is 25.1 Å². The average molecular weight is 404 g/mol. The Kier molecular flexibility index (Phi) is 7.33. The van der Waals surface area contributed by atoms with Gasteiger partial charge in [-0.05, 0) is 37.1 Å². The summed E-state index contributed by atoms with van der Waals surface area (Å²) < 4.78 is 10.1. The molecule has 0 bridgehead atoms. The molecule has 4 N–H and O–H groups in total. The van der Waals surface area contributed by atoms with Gasteiger partial charge >= 0.3 is 19.1 Å². The third-order valence-corrected chi connectivity index (χ3v) is 4.18. The highest BCUT2D eigenvalue weighted by Crippen LogP contribution is 2.27. The van der Waals surface area contributed by atoms with E-state index in [9.17, 15) is 19.6 Å². The predicted molar refractivity (Wildman–Crippen MR) is 107 cm³/mol. The zero-order chi connectivity index (χ0) is 20.8. The molecule has 0 aromatic heterocycles. The summed E-state index contributed by atoms with van der Waals surface area (Å²) in [6.07, 6.45) is 0. The van der Waals surface area contributed by atoms with Crippen LogP contribution in [0.2, 0.25) is 0 Å². The first-order valence-corrected chi connectivity index (χ1v) is 8.85. The van der Waals surface area contributed by atoms with Crippen LogP contribution >= 0.6 is 12.2 Å². The summed E-state index contributed by atoms with van der Waals surface area (Å²) in [7, 11) is -1.58. The van der Waals surface area contributed by atoms with Gasteiger partial charge in [0.15, 0.2) is 5.11 Å². The lowest BCUT2D eigenvalue weighted by Gasteiger charge is -2.30. The van der Waals surface area contributed by atoms with E-state index in [0.717, 1.165) is 0 Å². The van der Waals surface area contributed by atoms with Gasteiger partial charge in [-0.25, -0.2) is 9.59 Å². The lowest BCUT2D eigenvalue weighted by atomic mass is 9.79. The third-order valence-electron chi connectivity index (χ3n) is 3.96. The third kappa shape index (κ3) is 5.41. The smallest absolute Gasteiger partial charge is 0.459 e. The first-order valence-electron chi connectivity index (χ1n) is 8.44. The van der Waals surface area contributed by atoms with Crippen molar-refractivity contribution in [1.82, 2.24) is 10.6 Å². The van der Waals surface area contributed by atoms with Crippen molar-refractivity contribution in [3.05, 3.63) is 53.3 Å². The molecule has 1 aliphatic heterocycles. The van der Waals surface area contributed by atoms with Crippen molar-refractivity contribution in [3.8, 4) is 0 Å². The quantitative estimate of drug-likeness (QED) is 0.161. The zero-order valence-electron chi connectivity index (χ0n) is 15.5. The molecule has 10 heteroatoms. The highest BCUT2D eigenvalue weighted by molar-refractivity contribution is 7.80. The molecule has 8 nitrogen and oxygen atoms in total. The summed E-state index contributed by atoms with van der Waals surface area (Å²) >= 11 is 5.17. The number of allylic oxidation sites excluding steroid dienone is 1. The van der Waals surface area contributed by atoms with Crippen molar-refractivity contribution in [2.24, 2.45) is 0 Å². The van der Waals surface area contributed by atoms with Gasteiger partial charge in [0.1, 0.15) is 13.2 Å². The van der Waals surface area contributed by atoms with Crippen LogP contribution in [0.4, 0.5) is 0 Å². The largest absolute Gasteiger partial charge is 0.488 e. The maximum atomic E-state index is 12.6. The molecule has 1 aromatic carbocycles. The molecule has 0 radical (unpaired) electrons. The molecule has 0 saturated carbocycles. The van der Waals surface area contributed by atoms with Crippen LogP contribution in [0.15, 0.2) is 47.7 Å². The van der Waals surface area contributed by atoms with Crippen LogP contribution in [0, 0.1) is 0 Å². The Labute approximate surface area is 168 Å². The summed E-state index contributed by atoms with van der Waals surface area (Å²) in [6.45, 7) is 6.50. The number of benzene rings is 1. The fourth-order valence-corrected chi connectivity index (χ4v) is 2.82. The van der Waals surface area contributed by atoms with E-state index >= 15 is 0 Å². The lowest BCUT2D eigenvalue weighted by Crippen LogP contribution is -2.45. The molecule has 1 aliphatic rings. The maximum absolute atomic E-state index is 12.6. The van der Waals surface area contributed by atoms with E-state index in [2.05, 4.69) is 17.2 Å². The van der Waals surface area contributed by atoms with Crippen LogP contribution in [0.3, 0.4) is 0 Å². The van der Waals surface area contributed by atoms with Crippen LogP contribution in [-0.4, -0.2) is 47.4 Å². The monoisotopic (exact) mass is 404 g/mol. The second-order valence-electron chi connectivity index (χ2n) is 6.16. The Bertz CT molecular complexity index is 822. The number of esters is 2. The van der Waals surface area contributed by atoms with Gasteiger partial charge in [-0.1, -0.05) is 30.8 Å². The molecule has 148 valence electrons. The topological polar surface area (TPSA) is 117 Å². The second kappa shape index (κ2) is 9.49. The van der Waals surface area contributed by atoms with E-state index in [0.29, 0.717) is 27.4 Å². The Morgan fingerprint density at radius 3 is 2.39 bits per heavy atom. The second-order valence-corrected chi connectivity index (χ2v) is 6.57. The Hall–Kier alpha value is -2.69. The summed E-state index contributed by atoms with van der Waals surface area (Å²) in [4.78, 5) is 24.0. The minimum absolute atomic E-state index is 0.0865. The number of rotatable bonds is 7. The molecule has 1 heterocycles. The Morgan fingerprint density at radius 2 is 1.82 bits per heavy atom. The van der Waals surface area contributed by atoms with Crippen molar-refractivity contribution >= 4 is 41.9 Å². The fraction of sp³-hybridized carbons (Fsp3) is 0.278. The fourth-order valence-electron chi connectivity index (χ4n) is 2.54. The number of nitrogens with one attached hydrogen (secondary N) is 2. The SMILES string of the molecule is C=C(C)C(=O)OCCOC(=O)C1=C(C)NC(=S)NC1c1ccc(B(O)O)cc1. The zero-order valence-corrected chi connectivity index (χ0v) is 16.3. The van der Waals surface area contributed by atoms with Crippen molar-refractivity contribution in [3.63, 3.8) is 0 Å². The van der Waals surface area contributed by atoms with Gasteiger partial charge < -0.3 is 30.2 Å². The molecule has 1 unspecified atom stereocenters. The first kappa shape index (κ1) is 21.6. The summed E-state index contributed by atoms with van der Waals surface area (Å²) in [5, 5.41) is 24.7. The van der Waals surface area contributed by atoms with Gasteiger partial charge in [0.25, 0.3) is 0 Å². The molecule has 1 atom stereocenters. The van der Waals surface area contributed by atoms with Crippen LogP contribution in [0.1, 0.15) is 25.5 Å². The van der Waals surface area contributed by atoms with Crippen LogP contribution in [0.25, 0.3) is 0 Å². The van der Waals surface area contributed by atoms with Crippen LogP contribution in [-0.2, 0) is 19.1 Å². The normalized spacial score (nSPS) is 16.0. The van der Waals surface area contributed by atoms with Gasteiger partial charge in [0.2, 0.25) is 0 Å². The minimum atomic E-state index is -1.58. The molecule has 2 rings (SSSR count). The number of ether oxygens (including phenoxy) is 2. The Balaban J connectivity index is 2.12. The molecule has 0 aliphatic carbocycles. The van der Waals surface area contributed by atoms with E-state index in [1.54, 1.807) is 31.2 Å². The molecular weight excluding hydrogens is 383 g/mol. The van der Waals surface area contributed by atoms with Gasteiger partial charge in [-0.3, -0.25) is 0 Å². The predicted octanol–water partition coefficient (Wildman–Crippen LogP) is -0.178. The highest BCUT2D eigenvalue weighted by atomic mass is 32.1. The van der Waals surface area contributed by atoms with E-state index in [-0.39, 0.29) is 18.8 Å². The molecule has 0 amide bonds. The molecular formula is C18H21BN2O6S. The van der Waals surface area contributed by atoms with Crippen molar-refractivity contribution in [1.29, 1.82) is 0 Å². The van der Waals surface area contributed by atoms with Crippen molar-refractivity contribution < 1.29 is 29.1 Å². The van der Waals surface area contributed by atoms with E-state index in [4.69, 9.17) is 21.7 Å². The van der Waals surface area contributed by atoms with Gasteiger partial charge in [-0.15, -0.1) is 0 Å². The number of hydrogen-bond acceptors (Lipinski definition) is 7. The first-order chi connectivity index (χ1) is 13.2. The highest BCUT2D eigenvalue weighted by Gasteiger charge is 2.31. The molecule has 28 heavy (non-hydrogen) atoms. The van der Waals surface area contributed by atoms with Crippen LogP contribution in [0.5, 0.6) is 0 Å². The van der Waals surface area contributed by atoms with Gasteiger partial charge in [0.05, 0.1) is 11.6 Å². The van der Waals surface area contributed by atoms with Crippen molar-refractivity contribution in [2.45, 2.75) is 19.9 Å².